The molecule has 0 bridgehead atoms. The minimum Gasteiger partial charge on any atom is -0.755 e. The van der Waals surface area contributed by atoms with Crippen molar-refractivity contribution in [2.75, 3.05) is 4.31 Å². The first kappa shape index (κ1) is 13.3. The smallest absolute Gasteiger partial charge is 0.330 e. The van der Waals surface area contributed by atoms with Crippen molar-refractivity contribution < 1.29 is 23.1 Å². The number of nitrogens with zero attached hydrogens (tertiary/aromatic N) is 2. The summed E-state index contributed by atoms with van der Waals surface area (Å²) in [5.74, 6) is -1.28. The summed E-state index contributed by atoms with van der Waals surface area (Å²) in [7, 11) is 0. The largest absolute Gasteiger partial charge is 0.755 e. The molecule has 1 fully saturated rings. The van der Waals surface area contributed by atoms with Crippen LogP contribution >= 0.6 is 11.6 Å². The third kappa shape index (κ3) is 1.88. The van der Waals surface area contributed by atoms with Gasteiger partial charge in [0.2, 0.25) is 5.88 Å². The molecule has 1 atom stereocenters. The van der Waals surface area contributed by atoms with Crippen molar-refractivity contribution in [3.63, 3.8) is 0 Å². The van der Waals surface area contributed by atoms with E-state index in [0.29, 0.717) is 11.0 Å². The predicted octanol–water partition coefficient (Wildman–Crippen LogP) is 1.70. The van der Waals surface area contributed by atoms with E-state index in [4.69, 9.17) is 16.0 Å². The van der Waals surface area contributed by atoms with Crippen LogP contribution in [0.4, 0.5) is 5.88 Å². The molecule has 1 aliphatic carbocycles. The fraction of sp³-hybridized carbons (Fsp3) is 0.273. The molecule has 20 heavy (non-hydrogen) atoms. The van der Waals surface area contributed by atoms with Crippen LogP contribution in [0, 0.1) is 0 Å². The Morgan fingerprint density at radius 2 is 2.30 bits per heavy atom. The summed E-state index contributed by atoms with van der Waals surface area (Å²) in [6.45, 7) is 0. The van der Waals surface area contributed by atoms with E-state index in [2.05, 4.69) is 4.98 Å². The molecule has 2 aromatic heterocycles. The Labute approximate surface area is 120 Å². The van der Waals surface area contributed by atoms with Crippen LogP contribution in [0.3, 0.4) is 0 Å². The third-order valence-corrected chi connectivity index (χ3v) is 4.37. The topological polar surface area (TPSA) is 107 Å². The number of rotatable bonds is 4. The number of carbonyl (C=O) groups is 1. The molecule has 9 heteroatoms. The molecule has 2 aromatic rings. The van der Waals surface area contributed by atoms with Crippen molar-refractivity contribution in [2.45, 2.75) is 18.4 Å². The average Bonchev–Trinajstić information content (AvgIpc) is 3.03. The number of pyridine rings is 1. The number of fused-ring (bicyclic) bond motifs is 1. The first-order valence-corrected chi connectivity index (χ1v) is 7.04. The maximum Gasteiger partial charge on any atom is 0.330 e. The predicted molar refractivity (Wildman–Crippen MR) is 70.0 cm³/mol. The van der Waals surface area contributed by atoms with E-state index in [1.165, 1.54) is 18.3 Å². The van der Waals surface area contributed by atoms with Gasteiger partial charge in [-0.1, -0.05) is 11.6 Å². The molecular weight excluding hydrogens is 308 g/mol. The SMILES string of the molecule is O=C(O)C1(N(c2cc3c(Cl)nccc3o2)S(=O)[O-])CC1. The molecule has 1 aliphatic rings. The lowest BCUT2D eigenvalue weighted by Gasteiger charge is -2.29. The van der Waals surface area contributed by atoms with Crippen molar-refractivity contribution in [3.8, 4) is 0 Å². The lowest BCUT2D eigenvalue weighted by Crippen LogP contribution is -2.44. The second-order valence-corrected chi connectivity index (χ2v) is 5.60. The van der Waals surface area contributed by atoms with Gasteiger partial charge in [-0.3, -0.25) is 8.51 Å². The molecule has 0 aromatic carbocycles. The third-order valence-electron chi connectivity index (χ3n) is 3.24. The van der Waals surface area contributed by atoms with Crippen LogP contribution in [-0.2, 0) is 16.1 Å². The van der Waals surface area contributed by atoms with Crippen LogP contribution in [0.1, 0.15) is 12.8 Å². The van der Waals surface area contributed by atoms with E-state index in [9.17, 15) is 18.7 Å². The van der Waals surface area contributed by atoms with Crippen molar-refractivity contribution in [1.29, 1.82) is 0 Å². The molecule has 0 spiro atoms. The highest BCUT2D eigenvalue weighted by Crippen LogP contribution is 2.46. The Hall–Kier alpha value is -1.64. The molecular formula is C11H8ClN2O5S-. The van der Waals surface area contributed by atoms with Crippen molar-refractivity contribution in [2.24, 2.45) is 0 Å². The second kappa shape index (κ2) is 4.44. The Kier molecular flexibility index (Phi) is 2.96. The zero-order valence-electron chi connectivity index (χ0n) is 9.91. The Balaban J connectivity index is 2.14. The summed E-state index contributed by atoms with van der Waals surface area (Å²) in [5, 5.41) is 9.81. The standard InChI is InChI=1S/C11H9ClN2O5S/c12-9-6-5-8(19-7(6)1-4-13-9)14(20(17)18)11(2-3-11)10(15)16/h1,4-5H,2-3H2,(H,15,16)(H,17,18)/p-1. The number of hydrogen-bond donors (Lipinski definition) is 1. The number of halogens is 1. The van der Waals surface area contributed by atoms with E-state index in [1.54, 1.807) is 0 Å². The van der Waals surface area contributed by atoms with E-state index in [1.807, 2.05) is 0 Å². The first-order chi connectivity index (χ1) is 9.45. The van der Waals surface area contributed by atoms with Gasteiger partial charge >= 0.3 is 5.97 Å². The Morgan fingerprint density at radius 3 is 2.80 bits per heavy atom. The Morgan fingerprint density at radius 1 is 1.60 bits per heavy atom. The number of carboxylic acids is 1. The molecule has 1 N–H and O–H groups in total. The molecule has 2 heterocycles. The summed E-state index contributed by atoms with van der Waals surface area (Å²) in [6.07, 6.45) is 1.89. The molecule has 0 aliphatic heterocycles. The average molecular weight is 316 g/mol. The molecule has 0 amide bonds. The monoisotopic (exact) mass is 315 g/mol. The van der Waals surface area contributed by atoms with Crippen LogP contribution in [0.2, 0.25) is 5.15 Å². The summed E-state index contributed by atoms with van der Waals surface area (Å²) in [5.41, 5.74) is -1.11. The van der Waals surface area contributed by atoms with Crippen LogP contribution in [0.25, 0.3) is 11.0 Å². The summed E-state index contributed by atoms with van der Waals surface area (Å²) in [6, 6.07) is 2.90. The van der Waals surface area contributed by atoms with E-state index >= 15 is 0 Å². The van der Waals surface area contributed by atoms with Gasteiger partial charge in [0.15, 0.2) is 5.54 Å². The second-order valence-electron chi connectivity index (χ2n) is 4.45. The van der Waals surface area contributed by atoms with E-state index in [0.717, 1.165) is 4.31 Å². The van der Waals surface area contributed by atoms with Crippen molar-refractivity contribution >= 4 is 45.7 Å². The van der Waals surface area contributed by atoms with E-state index < -0.39 is 22.8 Å². The quantitative estimate of drug-likeness (QED) is 0.679. The van der Waals surface area contributed by atoms with Crippen LogP contribution in [0.5, 0.6) is 0 Å². The molecule has 0 radical (unpaired) electrons. The van der Waals surface area contributed by atoms with Crippen LogP contribution < -0.4 is 4.31 Å². The molecule has 1 saturated carbocycles. The summed E-state index contributed by atoms with van der Waals surface area (Å²) in [4.78, 5) is 15.1. The minimum absolute atomic E-state index is 0.0804. The van der Waals surface area contributed by atoms with Gasteiger partial charge in [0, 0.05) is 12.3 Å². The van der Waals surface area contributed by atoms with Gasteiger partial charge in [-0.15, -0.1) is 0 Å². The number of aliphatic carboxylic acids is 1. The fourth-order valence-electron chi connectivity index (χ4n) is 2.07. The van der Waals surface area contributed by atoms with Gasteiger partial charge in [0.1, 0.15) is 10.7 Å². The van der Waals surface area contributed by atoms with Gasteiger partial charge in [-0.05, 0) is 18.9 Å². The van der Waals surface area contributed by atoms with E-state index in [-0.39, 0.29) is 23.9 Å². The first-order valence-electron chi connectivity index (χ1n) is 5.63. The number of aromatic nitrogens is 1. The highest BCUT2D eigenvalue weighted by atomic mass is 35.5. The van der Waals surface area contributed by atoms with Gasteiger partial charge in [-0.2, -0.15) is 0 Å². The molecule has 3 rings (SSSR count). The van der Waals surface area contributed by atoms with Crippen molar-refractivity contribution in [1.82, 2.24) is 4.98 Å². The highest BCUT2D eigenvalue weighted by Gasteiger charge is 2.57. The fourth-order valence-corrected chi connectivity index (χ4v) is 3.05. The summed E-state index contributed by atoms with van der Waals surface area (Å²) >= 11 is 3.12. The van der Waals surface area contributed by atoms with Gasteiger partial charge in [-0.25, -0.2) is 9.78 Å². The molecule has 7 nitrogen and oxygen atoms in total. The number of carboxylic acid groups (broad SMARTS) is 1. The number of hydrogen-bond acceptors (Lipinski definition) is 5. The van der Waals surface area contributed by atoms with Gasteiger partial charge < -0.3 is 14.1 Å². The summed E-state index contributed by atoms with van der Waals surface area (Å²) < 4.78 is 28.9. The lowest BCUT2D eigenvalue weighted by molar-refractivity contribution is -0.139. The number of anilines is 1. The maximum absolute atomic E-state index is 11.4. The zero-order valence-corrected chi connectivity index (χ0v) is 11.5. The molecule has 106 valence electrons. The van der Waals surface area contributed by atoms with Crippen LogP contribution in [-0.4, -0.2) is 30.4 Å². The van der Waals surface area contributed by atoms with Gasteiger partial charge in [0.25, 0.3) is 0 Å². The lowest BCUT2D eigenvalue weighted by atomic mass is 10.3. The normalized spacial score (nSPS) is 17.9. The van der Waals surface area contributed by atoms with Crippen molar-refractivity contribution in [3.05, 3.63) is 23.5 Å². The highest BCUT2D eigenvalue weighted by molar-refractivity contribution is 7.80. The zero-order chi connectivity index (χ0) is 14.5. The Bertz CT molecular complexity index is 727. The molecule has 1 unspecified atom stereocenters. The van der Waals surface area contributed by atoms with Crippen LogP contribution in [0.15, 0.2) is 22.7 Å². The minimum atomic E-state index is -2.77. The van der Waals surface area contributed by atoms with Gasteiger partial charge in [0.05, 0.1) is 16.7 Å². The maximum atomic E-state index is 11.4. The number of furan rings is 1. The molecule has 0 saturated heterocycles.